The maximum absolute atomic E-state index is 10.2. The smallest absolute Gasteiger partial charge is 0.118 e. The lowest BCUT2D eigenvalue weighted by Gasteiger charge is -2.23. The van der Waals surface area contributed by atoms with Gasteiger partial charge < -0.3 is 14.7 Å². The van der Waals surface area contributed by atoms with Gasteiger partial charge in [-0.1, -0.05) is 32.4 Å². The molecule has 3 nitrogen and oxygen atoms in total. The lowest BCUT2D eigenvalue weighted by atomic mass is 10.1. The maximum atomic E-state index is 10.2. The Morgan fingerprint density at radius 3 is 2.33 bits per heavy atom. The second-order valence-electron chi connectivity index (χ2n) is 5.02. The van der Waals surface area contributed by atoms with Gasteiger partial charge in [0.2, 0.25) is 0 Å². The summed E-state index contributed by atoms with van der Waals surface area (Å²) in [6.07, 6.45) is 0.730. The van der Waals surface area contributed by atoms with E-state index in [2.05, 4.69) is 25.8 Å². The van der Waals surface area contributed by atoms with Gasteiger partial charge in [0, 0.05) is 13.1 Å². The fraction of sp³-hybridized carbons (Fsp3) is 0.600. The number of ether oxygens (including phenoxy) is 1. The van der Waals surface area contributed by atoms with Crippen LogP contribution in [0.2, 0.25) is 0 Å². The zero-order valence-electron chi connectivity index (χ0n) is 11.9. The van der Waals surface area contributed by atoms with Crippen LogP contribution in [0.1, 0.15) is 31.9 Å². The molecule has 2 unspecified atom stereocenters. The predicted octanol–water partition coefficient (Wildman–Crippen LogP) is 2.71. The minimum atomic E-state index is -0.440. The molecule has 0 aliphatic carbocycles. The van der Waals surface area contributed by atoms with E-state index in [9.17, 15) is 5.11 Å². The van der Waals surface area contributed by atoms with Gasteiger partial charge in [0.1, 0.15) is 5.75 Å². The van der Waals surface area contributed by atoms with Crippen molar-refractivity contribution in [1.29, 1.82) is 0 Å². The molecule has 1 aromatic rings. The number of aliphatic hydroxyl groups is 1. The summed E-state index contributed by atoms with van der Waals surface area (Å²) in [5.41, 5.74) is 0.937. The first kappa shape index (κ1) is 15.0. The Labute approximate surface area is 110 Å². The highest BCUT2D eigenvalue weighted by Crippen LogP contribution is 2.18. The van der Waals surface area contributed by atoms with Crippen molar-refractivity contribution in [2.24, 2.45) is 5.92 Å². The molecule has 0 saturated heterocycles. The molecule has 0 fully saturated rings. The molecule has 0 aliphatic rings. The topological polar surface area (TPSA) is 32.7 Å². The zero-order valence-corrected chi connectivity index (χ0v) is 11.9. The van der Waals surface area contributed by atoms with Gasteiger partial charge in [-0.3, -0.25) is 0 Å². The van der Waals surface area contributed by atoms with E-state index in [1.807, 2.05) is 24.3 Å². The Kier molecular flexibility index (Phi) is 6.16. The first-order chi connectivity index (χ1) is 8.56. The molecule has 0 aliphatic heterocycles. The lowest BCUT2D eigenvalue weighted by Crippen LogP contribution is -2.28. The maximum Gasteiger partial charge on any atom is 0.118 e. The molecule has 0 saturated carbocycles. The molecule has 0 amide bonds. The molecule has 2 atom stereocenters. The van der Waals surface area contributed by atoms with E-state index in [4.69, 9.17) is 4.74 Å². The first-order valence-electron chi connectivity index (χ1n) is 6.57. The largest absolute Gasteiger partial charge is 0.497 e. The molecule has 0 aromatic heterocycles. The first-order valence-corrected chi connectivity index (χ1v) is 6.57. The van der Waals surface area contributed by atoms with Crippen LogP contribution in [-0.4, -0.2) is 37.3 Å². The van der Waals surface area contributed by atoms with Crippen molar-refractivity contribution in [3.63, 3.8) is 0 Å². The fourth-order valence-electron chi connectivity index (χ4n) is 1.96. The average Bonchev–Trinajstić information content (AvgIpc) is 2.38. The second-order valence-corrected chi connectivity index (χ2v) is 5.02. The summed E-state index contributed by atoms with van der Waals surface area (Å²) in [7, 11) is 3.70. The third kappa shape index (κ3) is 4.67. The Morgan fingerprint density at radius 1 is 1.22 bits per heavy atom. The van der Waals surface area contributed by atoms with Crippen molar-refractivity contribution < 1.29 is 9.84 Å². The Morgan fingerprint density at radius 2 is 1.83 bits per heavy atom. The molecule has 102 valence electrons. The third-order valence-electron chi connectivity index (χ3n) is 3.31. The van der Waals surface area contributed by atoms with Crippen LogP contribution in [-0.2, 0) is 0 Å². The van der Waals surface area contributed by atoms with Gasteiger partial charge in [-0.15, -0.1) is 0 Å². The molecule has 0 bridgehead atoms. The van der Waals surface area contributed by atoms with Crippen molar-refractivity contribution in [3.05, 3.63) is 29.8 Å². The molecule has 1 rings (SSSR count). The summed E-state index contributed by atoms with van der Waals surface area (Å²) < 4.78 is 5.11. The van der Waals surface area contributed by atoms with Gasteiger partial charge in [-0.05, 0) is 30.7 Å². The van der Waals surface area contributed by atoms with E-state index in [0.717, 1.165) is 17.9 Å². The van der Waals surface area contributed by atoms with Crippen LogP contribution in [0.25, 0.3) is 0 Å². The molecule has 0 spiro atoms. The number of aliphatic hydroxyl groups excluding tert-OH is 1. The van der Waals surface area contributed by atoms with E-state index < -0.39 is 6.10 Å². The van der Waals surface area contributed by atoms with Crippen molar-refractivity contribution in [3.8, 4) is 5.75 Å². The van der Waals surface area contributed by atoms with Crippen molar-refractivity contribution >= 4 is 0 Å². The molecular weight excluding hydrogens is 226 g/mol. The van der Waals surface area contributed by atoms with Gasteiger partial charge in [-0.25, -0.2) is 0 Å². The number of hydrogen-bond acceptors (Lipinski definition) is 3. The molecule has 0 heterocycles. The summed E-state index contributed by atoms with van der Waals surface area (Å²) in [5, 5.41) is 10.2. The lowest BCUT2D eigenvalue weighted by molar-refractivity contribution is 0.119. The van der Waals surface area contributed by atoms with Crippen LogP contribution in [0.15, 0.2) is 24.3 Å². The predicted molar refractivity (Wildman–Crippen MR) is 74.9 cm³/mol. The highest BCUT2D eigenvalue weighted by atomic mass is 16.5. The second kappa shape index (κ2) is 7.39. The van der Waals surface area contributed by atoms with Crippen molar-refractivity contribution in [2.75, 3.05) is 27.2 Å². The minimum Gasteiger partial charge on any atom is -0.497 e. The number of likely N-dealkylation sites (N-methyl/N-ethyl adjacent to an activating group) is 1. The fourth-order valence-corrected chi connectivity index (χ4v) is 1.96. The van der Waals surface area contributed by atoms with Gasteiger partial charge >= 0.3 is 0 Å². The molecule has 3 heteroatoms. The minimum absolute atomic E-state index is 0.440. The summed E-state index contributed by atoms with van der Waals surface area (Å²) in [6.45, 7) is 6.11. The number of rotatable bonds is 7. The van der Waals surface area contributed by atoms with Crippen LogP contribution >= 0.6 is 0 Å². The van der Waals surface area contributed by atoms with Gasteiger partial charge in [-0.2, -0.15) is 0 Å². The molecule has 18 heavy (non-hydrogen) atoms. The highest BCUT2D eigenvalue weighted by molar-refractivity contribution is 5.28. The number of nitrogens with zero attached hydrogens (tertiary/aromatic N) is 1. The monoisotopic (exact) mass is 251 g/mol. The summed E-state index contributed by atoms with van der Waals surface area (Å²) in [6, 6.07) is 7.60. The normalized spacial score (nSPS) is 14.6. The van der Waals surface area contributed by atoms with E-state index >= 15 is 0 Å². The molecule has 1 N–H and O–H groups in total. The summed E-state index contributed by atoms with van der Waals surface area (Å²) in [4.78, 5) is 2.18. The Hall–Kier alpha value is -1.06. The summed E-state index contributed by atoms with van der Waals surface area (Å²) in [5.74, 6) is 1.48. The van der Waals surface area contributed by atoms with Gasteiger partial charge in [0.05, 0.1) is 13.2 Å². The van der Waals surface area contributed by atoms with Crippen LogP contribution in [0.3, 0.4) is 0 Å². The van der Waals surface area contributed by atoms with Crippen LogP contribution in [0.5, 0.6) is 5.75 Å². The molecular formula is C15H25NO2. The highest BCUT2D eigenvalue weighted by Gasteiger charge is 2.12. The van der Waals surface area contributed by atoms with Crippen molar-refractivity contribution in [1.82, 2.24) is 4.90 Å². The van der Waals surface area contributed by atoms with Crippen LogP contribution in [0.4, 0.5) is 0 Å². The zero-order chi connectivity index (χ0) is 13.5. The SMILES string of the molecule is CCC(C)CN(C)CC(O)c1ccc(OC)cc1. The Bertz CT molecular complexity index is 337. The van der Waals surface area contributed by atoms with Gasteiger partial charge in [0.15, 0.2) is 0 Å². The third-order valence-corrected chi connectivity index (χ3v) is 3.31. The standard InChI is InChI=1S/C15H25NO2/c1-5-12(2)10-16(3)11-15(17)13-6-8-14(18-4)9-7-13/h6-9,12,15,17H,5,10-11H2,1-4H3. The number of benzene rings is 1. The summed E-state index contributed by atoms with van der Waals surface area (Å²) >= 11 is 0. The quantitative estimate of drug-likeness (QED) is 0.808. The molecule has 0 radical (unpaired) electrons. The number of hydrogen-bond donors (Lipinski definition) is 1. The van der Waals surface area contributed by atoms with E-state index in [-0.39, 0.29) is 0 Å². The Balaban J connectivity index is 2.50. The van der Waals surface area contributed by atoms with Gasteiger partial charge in [0.25, 0.3) is 0 Å². The van der Waals surface area contributed by atoms with E-state index in [1.54, 1.807) is 7.11 Å². The average molecular weight is 251 g/mol. The molecule has 1 aromatic carbocycles. The van der Waals surface area contributed by atoms with Crippen LogP contribution in [0, 0.1) is 5.92 Å². The van der Waals surface area contributed by atoms with Crippen LogP contribution < -0.4 is 4.74 Å². The van der Waals surface area contributed by atoms with E-state index in [0.29, 0.717) is 12.5 Å². The van der Waals surface area contributed by atoms with Crippen molar-refractivity contribution in [2.45, 2.75) is 26.4 Å². The number of methoxy groups -OCH3 is 1. The van der Waals surface area contributed by atoms with E-state index in [1.165, 1.54) is 6.42 Å².